The predicted molar refractivity (Wildman–Crippen MR) is 271 cm³/mol. The molecule has 3 aromatic carbocycles. The van der Waals surface area contributed by atoms with Crippen LogP contribution in [0.3, 0.4) is 0 Å². The van der Waals surface area contributed by atoms with Crippen molar-refractivity contribution < 1.29 is 71.1 Å². The van der Waals surface area contributed by atoms with E-state index in [1.165, 1.54) is 19.1 Å². The lowest BCUT2D eigenvalue weighted by Gasteiger charge is -2.68. The van der Waals surface area contributed by atoms with Gasteiger partial charge in [-0.2, -0.15) is 0 Å². The minimum absolute atomic E-state index is 0.105. The fraction of sp³-hybridized carbons (Fsp3) is 0.527. The number of benzene rings is 3. The number of ketones is 1. The molecular formula is C55H69NO15Si2. The van der Waals surface area contributed by atoms with E-state index in [0.717, 1.165) is 0 Å². The van der Waals surface area contributed by atoms with Gasteiger partial charge >= 0.3 is 30.0 Å². The molecule has 2 unspecified atom stereocenters. The zero-order valence-corrected chi connectivity index (χ0v) is 45.8. The van der Waals surface area contributed by atoms with Gasteiger partial charge in [0, 0.05) is 25.2 Å². The van der Waals surface area contributed by atoms with Gasteiger partial charge in [-0.05, 0) is 107 Å². The average Bonchev–Trinajstić information content (AvgIpc) is 3.32. The smallest absolute Gasteiger partial charge is 0.408 e. The van der Waals surface area contributed by atoms with Crippen molar-refractivity contribution in [3.8, 4) is 0 Å². The number of Topliss-reactive ketones (excluding diaryl/α,β-unsaturated/α-hetero) is 1. The summed E-state index contributed by atoms with van der Waals surface area (Å²) in [5.41, 5.74) is -6.23. The van der Waals surface area contributed by atoms with Crippen molar-refractivity contribution >= 4 is 52.4 Å². The Bertz CT molecular complexity index is 2670. The van der Waals surface area contributed by atoms with Crippen LogP contribution in [-0.2, 0) is 51.7 Å². The van der Waals surface area contributed by atoms with Gasteiger partial charge in [0.05, 0.1) is 35.2 Å². The number of nitrogens with one attached hydrogen (secondary N) is 1. The highest BCUT2D eigenvalue weighted by atomic mass is 28.4. The van der Waals surface area contributed by atoms with Crippen LogP contribution in [0.5, 0.6) is 0 Å². The standard InChI is InChI=1S/C55H69NO15Si2/c1-32-37(65-49(61)43(66-47(59)35-24-18-14-19-25-35)41(34-22-16-13-17-23-34)56-50(62)69-51(3,4)5)29-55(63)46(67-48(60)36-26-20-15-21-27-36)44-53(8)38(28-39-54(44,30-64-39)68-33(2)57)70-72(9,10)31-73(11,12)71-42(45(53)58)40(32)52(55,6)7/h13-27,37-39,41-44,46,63H,28-31H2,1-12H3,(H,56,62)/t37-,38+,39-,41+,42-,43+,44?,46-,53-,54?,55-/m1/s1. The number of rotatable bonds is 10. The van der Waals surface area contributed by atoms with Crippen molar-refractivity contribution in [2.24, 2.45) is 16.7 Å². The molecule has 73 heavy (non-hydrogen) atoms. The largest absolute Gasteiger partial charge is 0.455 e. The van der Waals surface area contributed by atoms with Gasteiger partial charge in [0.15, 0.2) is 28.0 Å². The normalized spacial score (nSPS) is 31.6. The molecule has 5 aliphatic rings. The number of ether oxygens (including phenoxy) is 6. The maximum absolute atomic E-state index is 16.5. The lowest BCUT2D eigenvalue weighted by molar-refractivity contribution is -0.344. The third-order valence-electron chi connectivity index (χ3n) is 15.5. The molecule has 4 fully saturated rings. The van der Waals surface area contributed by atoms with Crippen molar-refractivity contribution in [3.05, 3.63) is 119 Å². The molecule has 0 spiro atoms. The molecule has 18 heteroatoms. The lowest BCUT2D eigenvalue weighted by atomic mass is 9.44. The monoisotopic (exact) mass is 1040 g/mol. The first-order chi connectivity index (χ1) is 34.0. The van der Waals surface area contributed by atoms with Crippen LogP contribution in [0.2, 0.25) is 31.9 Å². The summed E-state index contributed by atoms with van der Waals surface area (Å²) >= 11 is 0. The van der Waals surface area contributed by atoms with Crippen LogP contribution in [0, 0.1) is 16.7 Å². The van der Waals surface area contributed by atoms with E-state index in [-0.39, 0.29) is 24.2 Å². The molecule has 16 nitrogen and oxygen atoms in total. The molecule has 1 amide bonds. The van der Waals surface area contributed by atoms with Gasteiger partial charge in [0.25, 0.3) is 0 Å². The minimum atomic E-state index is -2.93. The van der Waals surface area contributed by atoms with E-state index < -0.39 is 135 Å². The Morgan fingerprint density at radius 3 is 1.90 bits per heavy atom. The van der Waals surface area contributed by atoms with Crippen LogP contribution in [0.25, 0.3) is 0 Å². The summed E-state index contributed by atoms with van der Waals surface area (Å²) in [5, 5.41) is 17.1. The zero-order chi connectivity index (χ0) is 53.3. The second-order valence-corrected chi connectivity index (χ2v) is 32.1. The highest BCUT2D eigenvalue weighted by Gasteiger charge is 2.79. The van der Waals surface area contributed by atoms with Gasteiger partial charge in [0.2, 0.25) is 6.10 Å². The molecule has 11 atom stereocenters. The van der Waals surface area contributed by atoms with Crippen LogP contribution in [-0.4, -0.2) is 118 Å². The first-order valence-corrected chi connectivity index (χ1v) is 31.2. The summed E-state index contributed by atoms with van der Waals surface area (Å²) in [6.07, 6.45) is -9.31. The zero-order valence-electron chi connectivity index (χ0n) is 43.8. The van der Waals surface area contributed by atoms with Crippen LogP contribution < -0.4 is 5.32 Å². The number of carbonyl (C=O) groups is 6. The Kier molecular flexibility index (Phi) is 14.2. The second kappa shape index (κ2) is 19.3. The van der Waals surface area contributed by atoms with E-state index in [0.29, 0.717) is 22.4 Å². The summed E-state index contributed by atoms with van der Waals surface area (Å²) in [6.45, 7) is 21.2. The Morgan fingerprint density at radius 2 is 1.36 bits per heavy atom. The van der Waals surface area contributed by atoms with Crippen LogP contribution in [0.4, 0.5) is 4.79 Å². The second-order valence-electron chi connectivity index (χ2n) is 23.2. The Balaban J connectivity index is 1.35. The van der Waals surface area contributed by atoms with Gasteiger partial charge in [-0.25, -0.2) is 19.2 Å². The van der Waals surface area contributed by atoms with Crippen molar-refractivity contribution in [2.45, 2.75) is 160 Å². The molecule has 2 saturated carbocycles. The molecule has 3 aliphatic carbocycles. The highest BCUT2D eigenvalue weighted by Crippen LogP contribution is 2.65. The molecule has 0 radical (unpaired) electrons. The third kappa shape index (κ3) is 9.98. The maximum Gasteiger partial charge on any atom is 0.408 e. The summed E-state index contributed by atoms with van der Waals surface area (Å²) in [4.78, 5) is 87.9. The Morgan fingerprint density at radius 1 is 0.795 bits per heavy atom. The number of alkyl carbamates (subject to hydrolysis) is 1. The molecule has 4 bridgehead atoms. The maximum atomic E-state index is 16.5. The van der Waals surface area contributed by atoms with E-state index in [1.807, 2.05) is 13.1 Å². The van der Waals surface area contributed by atoms with Gasteiger partial charge < -0.3 is 47.7 Å². The first-order valence-electron chi connectivity index (χ1n) is 25.0. The molecule has 8 rings (SSSR count). The molecule has 392 valence electrons. The Hall–Kier alpha value is -5.51. The number of fused-ring (bicyclic) bond motifs is 6. The predicted octanol–water partition coefficient (Wildman–Crippen LogP) is 8.14. The van der Waals surface area contributed by atoms with Crippen molar-refractivity contribution in [1.29, 1.82) is 0 Å². The summed E-state index contributed by atoms with van der Waals surface area (Å²) in [5.74, 6) is -5.32. The highest BCUT2D eigenvalue weighted by molar-refractivity contribution is 6.89. The molecular weight excluding hydrogens is 971 g/mol. The van der Waals surface area contributed by atoms with Gasteiger partial charge in [-0.3, -0.25) is 9.59 Å². The summed E-state index contributed by atoms with van der Waals surface area (Å²) < 4.78 is 52.3. The lowest BCUT2D eigenvalue weighted by Crippen LogP contribution is -2.82. The quantitative estimate of drug-likeness (QED) is 0.0850. The fourth-order valence-corrected chi connectivity index (χ4v) is 23.3. The molecule has 2 heterocycles. The summed E-state index contributed by atoms with van der Waals surface area (Å²) in [6, 6.07) is 23.2. The van der Waals surface area contributed by atoms with Crippen molar-refractivity contribution in [2.75, 3.05) is 6.61 Å². The van der Waals surface area contributed by atoms with E-state index in [9.17, 15) is 24.3 Å². The minimum Gasteiger partial charge on any atom is -0.455 e. The van der Waals surface area contributed by atoms with E-state index in [2.05, 4.69) is 18.4 Å². The van der Waals surface area contributed by atoms with E-state index in [1.54, 1.807) is 127 Å². The molecule has 2 aliphatic heterocycles. The van der Waals surface area contributed by atoms with Crippen LogP contribution >= 0.6 is 0 Å². The number of esters is 4. The summed E-state index contributed by atoms with van der Waals surface area (Å²) in [7, 11) is -5.68. The third-order valence-corrected chi connectivity index (χ3v) is 24.1. The number of carbonyl (C=O) groups excluding carboxylic acids is 6. The van der Waals surface area contributed by atoms with Gasteiger partial charge in [-0.1, -0.05) is 80.6 Å². The number of aliphatic hydroxyl groups is 1. The van der Waals surface area contributed by atoms with Crippen LogP contribution in [0.15, 0.2) is 102 Å². The molecule has 0 aromatic heterocycles. The van der Waals surface area contributed by atoms with E-state index >= 15 is 9.59 Å². The van der Waals surface area contributed by atoms with Gasteiger partial charge in [-0.15, -0.1) is 0 Å². The molecule has 3 aromatic rings. The number of hydrogen-bond acceptors (Lipinski definition) is 15. The SMILES string of the molecule is CC(=O)OC12CO[C@@H]1C[C@@H]1O[Si](C)(C)C[Si](C)(C)O[C@H]3C(=O)[C@@]1(C)C2[C@@H](OC(=O)c1ccccc1)[C@]1(O)C[C@@H](OC(=O)[C@@H](OC(=O)c2ccccc2)[C@@H](NC(=O)OC(C)(C)C)c2ccccc2)C(C)=C3C1(C)C. The topological polar surface area (TPSA) is 209 Å². The molecule has 2 N–H and O–H groups in total. The van der Waals surface area contributed by atoms with E-state index in [4.69, 9.17) is 37.3 Å². The number of amides is 1. The van der Waals surface area contributed by atoms with Crippen LogP contribution in [0.1, 0.15) is 101 Å². The van der Waals surface area contributed by atoms with Crippen molar-refractivity contribution in [1.82, 2.24) is 5.32 Å². The average molecular weight is 1040 g/mol. The molecule has 2 saturated heterocycles. The number of hydrogen-bond donors (Lipinski definition) is 2. The van der Waals surface area contributed by atoms with Gasteiger partial charge in [0.1, 0.15) is 41.7 Å². The first kappa shape index (κ1) is 53.8. The fourth-order valence-electron chi connectivity index (χ4n) is 12.5. The van der Waals surface area contributed by atoms with Crippen molar-refractivity contribution in [3.63, 3.8) is 0 Å². The Labute approximate surface area is 429 Å².